The maximum absolute atomic E-state index is 9.19. The number of rotatable bonds is 8. The van der Waals surface area contributed by atoms with Crippen LogP contribution in [0.4, 0.5) is 0 Å². The van der Waals surface area contributed by atoms with Crippen LogP contribution in [0, 0.1) is 0 Å². The van der Waals surface area contributed by atoms with Gasteiger partial charge in [-0.25, -0.2) is 0 Å². The molecule has 0 aliphatic rings. The Morgan fingerprint density at radius 3 is 3.00 bits per heavy atom. The van der Waals surface area contributed by atoms with E-state index in [9.17, 15) is 5.11 Å². The fourth-order valence-corrected chi connectivity index (χ4v) is 1.97. The average Bonchev–Trinajstić information content (AvgIpc) is 2.77. The second-order valence-electron chi connectivity index (χ2n) is 3.75. The van der Waals surface area contributed by atoms with Gasteiger partial charge in [-0.3, -0.25) is 4.68 Å². The first kappa shape index (κ1) is 13.5. The van der Waals surface area contributed by atoms with Gasteiger partial charge in [-0.1, -0.05) is 0 Å². The first-order chi connectivity index (χ1) is 7.80. The van der Waals surface area contributed by atoms with Crippen LogP contribution in [0.2, 0.25) is 0 Å². The molecule has 1 atom stereocenters. The predicted molar refractivity (Wildman–Crippen MR) is 68.6 cm³/mol. The first-order valence-electron chi connectivity index (χ1n) is 5.64. The minimum Gasteiger partial charge on any atom is -0.395 e. The lowest BCUT2D eigenvalue weighted by molar-refractivity contribution is 0.239. The van der Waals surface area contributed by atoms with Gasteiger partial charge in [0.25, 0.3) is 0 Å². The summed E-state index contributed by atoms with van der Waals surface area (Å²) in [5.41, 5.74) is 1.17. The second-order valence-corrected chi connectivity index (χ2v) is 4.73. The fourth-order valence-electron chi connectivity index (χ4n) is 1.45. The molecule has 0 spiro atoms. The van der Waals surface area contributed by atoms with Gasteiger partial charge in [0, 0.05) is 30.9 Å². The smallest absolute Gasteiger partial charge is 0.0585 e. The van der Waals surface area contributed by atoms with Crippen molar-refractivity contribution in [1.29, 1.82) is 0 Å². The molecule has 0 bridgehead atoms. The summed E-state index contributed by atoms with van der Waals surface area (Å²) in [5.74, 6) is 1.08. The Labute approximate surface area is 101 Å². The monoisotopic (exact) mass is 243 g/mol. The highest BCUT2D eigenvalue weighted by Gasteiger charge is 2.06. The Balaban J connectivity index is 2.31. The van der Waals surface area contributed by atoms with Crippen molar-refractivity contribution in [3.63, 3.8) is 0 Å². The van der Waals surface area contributed by atoms with Gasteiger partial charge in [-0.05, 0) is 25.4 Å². The molecule has 0 amide bonds. The zero-order valence-electron chi connectivity index (χ0n) is 10.0. The van der Waals surface area contributed by atoms with Gasteiger partial charge in [0.1, 0.15) is 0 Å². The van der Waals surface area contributed by atoms with Gasteiger partial charge >= 0.3 is 0 Å². The number of hydrogen-bond donors (Lipinski definition) is 2. The lowest BCUT2D eigenvalue weighted by Crippen LogP contribution is -2.32. The molecule has 0 fully saturated rings. The molecule has 0 aromatic carbocycles. The van der Waals surface area contributed by atoms with E-state index < -0.39 is 0 Å². The van der Waals surface area contributed by atoms with Crippen LogP contribution in [0.5, 0.6) is 0 Å². The Morgan fingerprint density at radius 1 is 1.62 bits per heavy atom. The van der Waals surface area contributed by atoms with E-state index in [1.165, 1.54) is 5.56 Å². The number of hydrogen-bond acceptors (Lipinski definition) is 4. The molecular weight excluding hydrogens is 222 g/mol. The zero-order chi connectivity index (χ0) is 11.8. The molecule has 0 radical (unpaired) electrons. The van der Waals surface area contributed by atoms with E-state index >= 15 is 0 Å². The normalized spacial score (nSPS) is 12.9. The third kappa shape index (κ3) is 4.55. The van der Waals surface area contributed by atoms with Crippen LogP contribution in [0.3, 0.4) is 0 Å². The summed E-state index contributed by atoms with van der Waals surface area (Å²) in [6, 6.07) is 0.192. The molecule has 16 heavy (non-hydrogen) atoms. The average molecular weight is 243 g/mol. The van der Waals surface area contributed by atoms with E-state index in [1.54, 1.807) is 0 Å². The Morgan fingerprint density at radius 2 is 2.44 bits per heavy atom. The number of aromatic nitrogens is 2. The van der Waals surface area contributed by atoms with Crippen LogP contribution in [-0.2, 0) is 13.1 Å². The summed E-state index contributed by atoms with van der Waals surface area (Å²) in [7, 11) is 0. The summed E-state index contributed by atoms with van der Waals surface area (Å²) in [6.07, 6.45) is 6.99. The van der Waals surface area contributed by atoms with Crippen molar-refractivity contribution in [2.75, 3.05) is 18.6 Å². The van der Waals surface area contributed by atoms with E-state index in [0.717, 1.165) is 25.3 Å². The minimum absolute atomic E-state index is 0.192. The van der Waals surface area contributed by atoms with Crippen LogP contribution in [0.25, 0.3) is 0 Å². The molecule has 0 saturated carbocycles. The number of nitrogens with one attached hydrogen (secondary N) is 1. The topological polar surface area (TPSA) is 50.1 Å². The van der Waals surface area contributed by atoms with Gasteiger partial charge in [0.05, 0.1) is 12.8 Å². The number of aryl methyl sites for hydroxylation is 1. The Bertz CT molecular complexity index is 291. The summed E-state index contributed by atoms with van der Waals surface area (Å²) in [5, 5.41) is 16.7. The maximum atomic E-state index is 9.19. The third-order valence-electron chi connectivity index (χ3n) is 2.50. The molecule has 1 unspecified atom stereocenters. The highest BCUT2D eigenvalue weighted by molar-refractivity contribution is 7.98. The van der Waals surface area contributed by atoms with Crippen molar-refractivity contribution >= 4 is 11.8 Å². The number of aliphatic hydroxyl groups is 1. The van der Waals surface area contributed by atoms with Crippen LogP contribution in [0.15, 0.2) is 12.4 Å². The minimum atomic E-state index is 0.192. The van der Waals surface area contributed by atoms with Crippen LogP contribution in [-0.4, -0.2) is 39.5 Å². The van der Waals surface area contributed by atoms with E-state index in [1.807, 2.05) is 28.8 Å². The van der Waals surface area contributed by atoms with Crippen LogP contribution in [0.1, 0.15) is 18.9 Å². The molecule has 0 saturated heterocycles. The molecule has 0 aliphatic heterocycles. The second kappa shape index (κ2) is 7.70. The maximum Gasteiger partial charge on any atom is 0.0585 e. The van der Waals surface area contributed by atoms with Gasteiger partial charge < -0.3 is 10.4 Å². The molecule has 1 rings (SSSR count). The molecular formula is C11H21N3OS. The largest absolute Gasteiger partial charge is 0.395 e. The standard InChI is InChI=1S/C11H21N3OS/c1-3-14-8-10(7-13-14)6-12-11(9-15)4-5-16-2/h7-8,11-12,15H,3-6,9H2,1-2H3. The van der Waals surface area contributed by atoms with Crippen molar-refractivity contribution < 1.29 is 5.11 Å². The van der Waals surface area contributed by atoms with Crippen molar-refractivity contribution in [2.45, 2.75) is 32.5 Å². The van der Waals surface area contributed by atoms with E-state index in [0.29, 0.717) is 0 Å². The SMILES string of the molecule is CCn1cc(CNC(CO)CCSC)cn1. The predicted octanol–water partition coefficient (Wildman–Crippen LogP) is 1.11. The lowest BCUT2D eigenvalue weighted by atomic mass is 10.2. The number of aliphatic hydroxyl groups excluding tert-OH is 1. The molecule has 2 N–H and O–H groups in total. The highest BCUT2D eigenvalue weighted by Crippen LogP contribution is 2.02. The summed E-state index contributed by atoms with van der Waals surface area (Å²) in [6.45, 7) is 3.94. The van der Waals surface area contributed by atoms with Crippen LogP contribution < -0.4 is 5.32 Å². The highest BCUT2D eigenvalue weighted by atomic mass is 32.2. The number of nitrogens with zero attached hydrogens (tertiary/aromatic N) is 2. The van der Waals surface area contributed by atoms with Gasteiger partial charge in [-0.15, -0.1) is 0 Å². The van der Waals surface area contributed by atoms with E-state index in [4.69, 9.17) is 0 Å². The van der Waals surface area contributed by atoms with Gasteiger partial charge in [-0.2, -0.15) is 16.9 Å². The van der Waals surface area contributed by atoms with Gasteiger partial charge in [0.2, 0.25) is 0 Å². The van der Waals surface area contributed by atoms with E-state index in [2.05, 4.69) is 23.6 Å². The molecule has 1 aromatic heterocycles. The van der Waals surface area contributed by atoms with Crippen molar-refractivity contribution in [3.05, 3.63) is 18.0 Å². The first-order valence-corrected chi connectivity index (χ1v) is 7.04. The summed E-state index contributed by atoms with van der Waals surface area (Å²) < 4.78 is 1.91. The summed E-state index contributed by atoms with van der Waals surface area (Å²) in [4.78, 5) is 0. The Kier molecular flexibility index (Phi) is 6.52. The summed E-state index contributed by atoms with van der Waals surface area (Å²) >= 11 is 1.81. The van der Waals surface area contributed by atoms with Crippen molar-refractivity contribution in [3.8, 4) is 0 Å². The lowest BCUT2D eigenvalue weighted by Gasteiger charge is -2.14. The molecule has 1 heterocycles. The van der Waals surface area contributed by atoms with Crippen molar-refractivity contribution in [2.24, 2.45) is 0 Å². The molecule has 0 aliphatic carbocycles. The zero-order valence-corrected chi connectivity index (χ0v) is 10.8. The molecule has 5 heteroatoms. The number of thioether (sulfide) groups is 1. The molecule has 92 valence electrons. The third-order valence-corrected chi connectivity index (χ3v) is 3.14. The van der Waals surface area contributed by atoms with Crippen LogP contribution >= 0.6 is 11.8 Å². The van der Waals surface area contributed by atoms with E-state index in [-0.39, 0.29) is 12.6 Å². The Hall–Kier alpha value is -0.520. The molecule has 4 nitrogen and oxygen atoms in total. The molecule has 1 aromatic rings. The quantitative estimate of drug-likeness (QED) is 0.718. The fraction of sp³-hybridized carbons (Fsp3) is 0.727. The van der Waals surface area contributed by atoms with Gasteiger partial charge in [0.15, 0.2) is 0 Å². The van der Waals surface area contributed by atoms with Crippen molar-refractivity contribution in [1.82, 2.24) is 15.1 Å².